The lowest BCUT2D eigenvalue weighted by Crippen LogP contribution is -2.09. The van der Waals surface area contributed by atoms with Gasteiger partial charge in [-0.2, -0.15) is 47.0 Å². The highest BCUT2D eigenvalue weighted by atomic mass is 32.2. The van der Waals surface area contributed by atoms with E-state index in [1.807, 2.05) is 47.0 Å². The maximum absolute atomic E-state index is 5.54. The van der Waals surface area contributed by atoms with E-state index in [2.05, 4.69) is 12.5 Å². The SMILES string of the molecule is CSCCOCCSCCOCCOCCSCCOCCSC. The molecule has 0 aliphatic rings. The van der Waals surface area contributed by atoms with E-state index in [0.29, 0.717) is 13.2 Å². The highest BCUT2D eigenvalue weighted by Crippen LogP contribution is 2.01. The summed E-state index contributed by atoms with van der Waals surface area (Å²) in [7, 11) is 0. The summed E-state index contributed by atoms with van der Waals surface area (Å²) in [6.45, 7) is 6.36. The van der Waals surface area contributed by atoms with Gasteiger partial charge in [-0.05, 0) is 12.5 Å². The molecule has 4 nitrogen and oxygen atoms in total. The predicted octanol–water partition coefficient (Wildman–Crippen LogP) is 3.25. The highest BCUT2D eigenvalue weighted by Gasteiger charge is 1.94. The molecule has 0 saturated heterocycles. The molecule has 0 unspecified atom stereocenters. The molecule has 0 aromatic rings. The third-order valence-corrected chi connectivity index (χ3v) is 5.69. The van der Waals surface area contributed by atoms with Crippen LogP contribution in [0, 0.1) is 0 Å². The monoisotopic (exact) mass is 418 g/mol. The van der Waals surface area contributed by atoms with Crippen molar-refractivity contribution in [3.63, 3.8) is 0 Å². The molecule has 0 bridgehead atoms. The average Bonchev–Trinajstić information content (AvgIpc) is 2.60. The standard InChI is InChI=1S/C16H34O4S4/c1-21-11-5-19-9-15-23-13-7-17-3-4-18-8-14-24-16-10-20-6-12-22-2/h3-16H2,1-2H3. The van der Waals surface area contributed by atoms with E-state index in [4.69, 9.17) is 18.9 Å². The molecule has 0 saturated carbocycles. The Balaban J connectivity index is 2.93. The molecular formula is C16H34O4S4. The van der Waals surface area contributed by atoms with Crippen molar-refractivity contribution in [3.8, 4) is 0 Å². The Morgan fingerprint density at radius 3 is 1.04 bits per heavy atom. The van der Waals surface area contributed by atoms with Crippen molar-refractivity contribution in [3.05, 3.63) is 0 Å². The molecule has 0 heterocycles. The van der Waals surface area contributed by atoms with E-state index < -0.39 is 0 Å². The molecule has 0 aromatic heterocycles. The lowest BCUT2D eigenvalue weighted by Gasteiger charge is -2.07. The Bertz CT molecular complexity index is 204. The number of rotatable bonds is 21. The Kier molecular flexibility index (Phi) is 25.5. The largest absolute Gasteiger partial charge is 0.380 e. The van der Waals surface area contributed by atoms with E-state index in [1.165, 1.54) is 0 Å². The van der Waals surface area contributed by atoms with Gasteiger partial charge in [-0.3, -0.25) is 0 Å². The third-order valence-electron chi connectivity index (χ3n) is 2.72. The van der Waals surface area contributed by atoms with Crippen LogP contribution in [0.3, 0.4) is 0 Å². The third kappa shape index (κ3) is 23.2. The normalized spacial score (nSPS) is 11.2. The summed E-state index contributed by atoms with van der Waals surface area (Å²) in [5.41, 5.74) is 0. The van der Waals surface area contributed by atoms with Crippen LogP contribution in [0.25, 0.3) is 0 Å². The predicted molar refractivity (Wildman–Crippen MR) is 115 cm³/mol. The van der Waals surface area contributed by atoms with Gasteiger partial charge in [0.15, 0.2) is 0 Å². The van der Waals surface area contributed by atoms with Crippen molar-refractivity contribution in [1.29, 1.82) is 0 Å². The van der Waals surface area contributed by atoms with Crippen molar-refractivity contribution in [2.45, 2.75) is 0 Å². The van der Waals surface area contributed by atoms with Crippen LogP contribution in [0.15, 0.2) is 0 Å². The van der Waals surface area contributed by atoms with Gasteiger partial charge in [-0.15, -0.1) is 0 Å². The van der Waals surface area contributed by atoms with Crippen LogP contribution < -0.4 is 0 Å². The van der Waals surface area contributed by atoms with Crippen LogP contribution in [0.2, 0.25) is 0 Å². The molecule has 0 aliphatic carbocycles. The van der Waals surface area contributed by atoms with Crippen molar-refractivity contribution < 1.29 is 18.9 Å². The first kappa shape index (κ1) is 25.2. The van der Waals surface area contributed by atoms with E-state index in [1.54, 1.807) is 0 Å². The molecule has 0 fully saturated rings. The van der Waals surface area contributed by atoms with E-state index >= 15 is 0 Å². The lowest BCUT2D eigenvalue weighted by molar-refractivity contribution is 0.0604. The summed E-state index contributed by atoms with van der Waals surface area (Å²) in [6.07, 6.45) is 4.20. The Morgan fingerprint density at radius 2 is 0.708 bits per heavy atom. The van der Waals surface area contributed by atoms with Gasteiger partial charge in [-0.25, -0.2) is 0 Å². The second-order valence-corrected chi connectivity index (χ2v) is 9.08. The smallest absolute Gasteiger partial charge is 0.0700 e. The Hall–Kier alpha value is 1.24. The second-order valence-electron chi connectivity index (χ2n) is 4.66. The summed E-state index contributed by atoms with van der Waals surface area (Å²) < 4.78 is 22.1. The molecule has 0 aliphatic heterocycles. The molecular weight excluding hydrogens is 384 g/mol. The van der Waals surface area contributed by atoms with Gasteiger partial charge in [0.05, 0.1) is 52.9 Å². The molecule has 8 heteroatoms. The first-order chi connectivity index (χ1) is 11.9. The zero-order valence-electron chi connectivity index (χ0n) is 15.2. The molecule has 0 aromatic carbocycles. The van der Waals surface area contributed by atoms with Crippen molar-refractivity contribution in [2.24, 2.45) is 0 Å². The summed E-state index contributed by atoms with van der Waals surface area (Å²) in [5, 5.41) is 0. The average molecular weight is 419 g/mol. The van der Waals surface area contributed by atoms with Crippen LogP contribution in [0.4, 0.5) is 0 Å². The number of thioether (sulfide) groups is 4. The second kappa shape index (κ2) is 24.2. The fourth-order valence-electron chi connectivity index (χ4n) is 1.49. The van der Waals surface area contributed by atoms with Crippen molar-refractivity contribution >= 4 is 47.0 Å². The number of ether oxygens (including phenoxy) is 4. The van der Waals surface area contributed by atoms with Gasteiger partial charge in [0.25, 0.3) is 0 Å². The lowest BCUT2D eigenvalue weighted by atomic mass is 10.7. The van der Waals surface area contributed by atoms with Crippen LogP contribution in [-0.2, 0) is 18.9 Å². The molecule has 0 amide bonds. The van der Waals surface area contributed by atoms with Gasteiger partial charge in [0.2, 0.25) is 0 Å². The van der Waals surface area contributed by atoms with Gasteiger partial charge in [0, 0.05) is 34.5 Å². The van der Waals surface area contributed by atoms with Gasteiger partial charge >= 0.3 is 0 Å². The molecule has 0 N–H and O–H groups in total. The molecule has 146 valence electrons. The van der Waals surface area contributed by atoms with Gasteiger partial charge < -0.3 is 18.9 Å². The summed E-state index contributed by atoms with van der Waals surface area (Å²) >= 11 is 7.40. The molecule has 0 spiro atoms. The Labute approximate surface area is 165 Å². The minimum Gasteiger partial charge on any atom is -0.380 e. The summed E-state index contributed by atoms with van der Waals surface area (Å²) in [5.74, 6) is 6.31. The summed E-state index contributed by atoms with van der Waals surface area (Å²) in [4.78, 5) is 0. The molecule has 0 radical (unpaired) electrons. The van der Waals surface area contributed by atoms with Crippen LogP contribution in [0.1, 0.15) is 0 Å². The highest BCUT2D eigenvalue weighted by molar-refractivity contribution is 7.99. The first-order valence-corrected chi connectivity index (χ1v) is 13.5. The molecule has 0 rings (SSSR count). The van der Waals surface area contributed by atoms with Crippen LogP contribution >= 0.6 is 47.0 Å². The van der Waals surface area contributed by atoms with Gasteiger partial charge in [-0.1, -0.05) is 0 Å². The van der Waals surface area contributed by atoms with Crippen molar-refractivity contribution in [2.75, 3.05) is 99.9 Å². The maximum Gasteiger partial charge on any atom is 0.0700 e. The molecule has 24 heavy (non-hydrogen) atoms. The quantitative estimate of drug-likeness (QED) is 0.263. The zero-order valence-corrected chi connectivity index (χ0v) is 18.4. The number of hydrogen-bond donors (Lipinski definition) is 0. The molecule has 0 atom stereocenters. The first-order valence-electron chi connectivity index (χ1n) is 8.36. The zero-order chi connectivity index (χ0) is 17.6. The fourth-order valence-corrected chi connectivity index (χ4v) is 3.41. The van der Waals surface area contributed by atoms with E-state index in [9.17, 15) is 0 Å². The topological polar surface area (TPSA) is 36.9 Å². The Morgan fingerprint density at radius 1 is 0.417 bits per heavy atom. The van der Waals surface area contributed by atoms with Crippen molar-refractivity contribution in [1.82, 2.24) is 0 Å². The van der Waals surface area contributed by atoms with E-state index in [0.717, 1.165) is 74.2 Å². The minimum absolute atomic E-state index is 0.688. The van der Waals surface area contributed by atoms with Crippen LogP contribution in [-0.4, -0.2) is 99.9 Å². The fraction of sp³-hybridized carbons (Fsp3) is 1.00. The maximum atomic E-state index is 5.54. The number of hydrogen-bond acceptors (Lipinski definition) is 8. The van der Waals surface area contributed by atoms with Crippen LogP contribution in [0.5, 0.6) is 0 Å². The minimum atomic E-state index is 0.688. The van der Waals surface area contributed by atoms with Gasteiger partial charge in [0.1, 0.15) is 0 Å². The summed E-state index contributed by atoms with van der Waals surface area (Å²) in [6, 6.07) is 0. The van der Waals surface area contributed by atoms with E-state index in [-0.39, 0.29) is 0 Å².